The van der Waals surface area contributed by atoms with E-state index in [-0.39, 0.29) is 18.3 Å². The molecule has 3 aromatic rings. The molecule has 188 valence electrons. The number of likely N-dealkylation sites (N-methyl/N-ethyl adjacent to an activating group) is 1. The molecule has 0 bridgehead atoms. The van der Waals surface area contributed by atoms with E-state index in [9.17, 15) is 14.4 Å². The number of aryl methyl sites for hydroxylation is 1. The maximum Gasteiger partial charge on any atom is 0.257 e. The number of aromatic nitrogens is 1. The van der Waals surface area contributed by atoms with Crippen molar-refractivity contribution in [3.05, 3.63) is 70.0 Å². The maximum atomic E-state index is 13.5. The highest BCUT2D eigenvalue weighted by Crippen LogP contribution is 2.35. The Morgan fingerprint density at radius 2 is 1.72 bits per heavy atom. The van der Waals surface area contributed by atoms with Crippen molar-refractivity contribution >= 4 is 22.7 Å². The fraction of sp³-hybridized carbons (Fsp3) is 0.370. The predicted molar refractivity (Wildman–Crippen MR) is 135 cm³/mol. The first-order chi connectivity index (χ1) is 17.4. The van der Waals surface area contributed by atoms with Crippen molar-refractivity contribution in [2.24, 2.45) is 0 Å². The van der Waals surface area contributed by atoms with Crippen molar-refractivity contribution in [1.82, 2.24) is 19.7 Å². The van der Waals surface area contributed by atoms with E-state index >= 15 is 0 Å². The third-order valence-electron chi connectivity index (χ3n) is 6.86. The topological polar surface area (TPSA) is 93.1 Å². The molecule has 2 aliphatic heterocycles. The lowest BCUT2D eigenvalue weighted by Crippen LogP contribution is -2.55. The fourth-order valence-electron chi connectivity index (χ4n) is 4.74. The van der Waals surface area contributed by atoms with Gasteiger partial charge in [-0.05, 0) is 25.6 Å². The van der Waals surface area contributed by atoms with Gasteiger partial charge in [0, 0.05) is 51.4 Å². The van der Waals surface area contributed by atoms with Gasteiger partial charge in [0.1, 0.15) is 11.6 Å². The zero-order chi connectivity index (χ0) is 25.2. The molecule has 0 spiro atoms. The molecule has 3 heterocycles. The number of piperazine rings is 1. The average molecular weight is 491 g/mol. The van der Waals surface area contributed by atoms with Crippen LogP contribution in [0.3, 0.4) is 0 Å². The molecule has 0 unspecified atom stereocenters. The third kappa shape index (κ3) is 4.66. The molecule has 2 aromatic carbocycles. The van der Waals surface area contributed by atoms with E-state index in [2.05, 4.69) is 10.2 Å². The molecule has 9 heteroatoms. The summed E-state index contributed by atoms with van der Waals surface area (Å²) >= 11 is 0. The van der Waals surface area contributed by atoms with Gasteiger partial charge in [-0.2, -0.15) is 0 Å². The second-order valence-corrected chi connectivity index (χ2v) is 9.22. The first-order valence-electron chi connectivity index (χ1n) is 12.2. The largest absolute Gasteiger partial charge is 0.454 e. The Morgan fingerprint density at radius 3 is 2.42 bits per heavy atom. The molecule has 9 nitrogen and oxygen atoms in total. The Hall–Kier alpha value is -3.85. The lowest BCUT2D eigenvalue weighted by atomic mass is 10.0. The van der Waals surface area contributed by atoms with Gasteiger partial charge >= 0.3 is 0 Å². The van der Waals surface area contributed by atoms with E-state index in [4.69, 9.17) is 9.47 Å². The summed E-state index contributed by atoms with van der Waals surface area (Å²) in [5.74, 6) is 0.347. The number of rotatable bonds is 6. The van der Waals surface area contributed by atoms with Crippen LogP contribution in [0.2, 0.25) is 0 Å². The highest BCUT2D eigenvalue weighted by molar-refractivity contribution is 6.00. The van der Waals surface area contributed by atoms with Gasteiger partial charge in [-0.25, -0.2) is 0 Å². The van der Waals surface area contributed by atoms with Crippen molar-refractivity contribution < 1.29 is 19.1 Å². The third-order valence-corrected chi connectivity index (χ3v) is 6.86. The van der Waals surface area contributed by atoms with Gasteiger partial charge in [0.25, 0.3) is 5.91 Å². The summed E-state index contributed by atoms with van der Waals surface area (Å²) < 4.78 is 12.7. The van der Waals surface area contributed by atoms with E-state index < -0.39 is 17.4 Å². The number of ether oxygens (including phenoxy) is 2. The lowest BCUT2D eigenvalue weighted by molar-refractivity contribution is -0.134. The number of carbonyl (C=O) groups is 2. The Bertz CT molecular complexity index is 1350. The van der Waals surface area contributed by atoms with Gasteiger partial charge in [0.2, 0.25) is 18.1 Å². The van der Waals surface area contributed by atoms with Crippen LogP contribution in [0.1, 0.15) is 22.8 Å². The normalized spacial score (nSPS) is 16.2. The van der Waals surface area contributed by atoms with E-state index in [0.717, 1.165) is 18.7 Å². The molecule has 36 heavy (non-hydrogen) atoms. The monoisotopic (exact) mass is 490 g/mol. The average Bonchev–Trinajstić information content (AvgIpc) is 3.36. The zero-order valence-electron chi connectivity index (χ0n) is 20.5. The van der Waals surface area contributed by atoms with Crippen LogP contribution in [-0.2, 0) is 17.8 Å². The number of amides is 2. The van der Waals surface area contributed by atoms with Crippen LogP contribution in [0.25, 0.3) is 10.9 Å². The van der Waals surface area contributed by atoms with E-state index in [1.165, 1.54) is 0 Å². The van der Waals surface area contributed by atoms with E-state index in [1.54, 1.807) is 23.2 Å². The van der Waals surface area contributed by atoms with Gasteiger partial charge in [-0.3, -0.25) is 14.4 Å². The van der Waals surface area contributed by atoms with Crippen molar-refractivity contribution in [2.45, 2.75) is 25.9 Å². The number of fused-ring (bicyclic) bond motifs is 2. The van der Waals surface area contributed by atoms with Crippen LogP contribution in [0.4, 0.5) is 0 Å². The van der Waals surface area contributed by atoms with Gasteiger partial charge in [0.05, 0.1) is 10.9 Å². The van der Waals surface area contributed by atoms with E-state index in [1.807, 2.05) is 48.9 Å². The van der Waals surface area contributed by atoms with Crippen LogP contribution in [0.5, 0.6) is 11.5 Å². The van der Waals surface area contributed by atoms with Crippen molar-refractivity contribution in [3.8, 4) is 11.5 Å². The number of nitrogens with one attached hydrogen (secondary N) is 1. The zero-order valence-corrected chi connectivity index (χ0v) is 20.5. The molecule has 2 amide bonds. The first-order valence-corrected chi connectivity index (χ1v) is 12.2. The minimum atomic E-state index is -0.787. The van der Waals surface area contributed by atoms with Crippen molar-refractivity contribution in [3.63, 3.8) is 0 Å². The SMILES string of the molecule is CCn1cc(C(=O)N[C@@H](Cc2ccccc2)C(=O)N2CCN(C)CC2)c(=O)c2cc3c(cc21)OCO3. The molecule has 2 aliphatic rings. The van der Waals surface area contributed by atoms with E-state index in [0.29, 0.717) is 48.5 Å². The molecule has 1 atom stereocenters. The number of carbonyl (C=O) groups excluding carboxylic acids is 2. The first kappa shape index (κ1) is 23.9. The molecule has 1 aromatic heterocycles. The molecule has 0 aliphatic carbocycles. The van der Waals surface area contributed by atoms with Crippen LogP contribution in [0.15, 0.2) is 53.5 Å². The highest BCUT2D eigenvalue weighted by atomic mass is 16.7. The van der Waals surface area contributed by atoms with Gasteiger partial charge in [0.15, 0.2) is 11.5 Å². The number of hydrogen-bond acceptors (Lipinski definition) is 6. The standard InChI is InChI=1S/C27H30N4O5/c1-3-30-16-20(25(32)19-14-23-24(15-22(19)30)36-17-35-23)26(33)28-21(13-18-7-5-4-6-8-18)27(34)31-11-9-29(2)10-12-31/h4-8,14-16,21H,3,9-13,17H2,1-2H3,(H,28,33)/t21-/m0/s1. The lowest BCUT2D eigenvalue weighted by Gasteiger charge is -2.34. The molecule has 1 fully saturated rings. The smallest absolute Gasteiger partial charge is 0.257 e. The molecule has 5 rings (SSSR count). The van der Waals surface area contributed by atoms with Crippen LogP contribution in [0, 0.1) is 0 Å². The van der Waals surface area contributed by atoms with Crippen LogP contribution < -0.4 is 20.2 Å². The Labute approximate surface area is 209 Å². The highest BCUT2D eigenvalue weighted by Gasteiger charge is 2.30. The second-order valence-electron chi connectivity index (χ2n) is 9.22. The van der Waals surface area contributed by atoms with Crippen LogP contribution in [-0.4, -0.2) is 72.2 Å². The number of pyridine rings is 1. The van der Waals surface area contributed by atoms with Crippen LogP contribution >= 0.6 is 0 Å². The minimum Gasteiger partial charge on any atom is -0.454 e. The summed E-state index contributed by atoms with van der Waals surface area (Å²) in [7, 11) is 2.02. The van der Waals surface area contributed by atoms with Gasteiger partial charge in [-0.1, -0.05) is 30.3 Å². The Kier molecular flexibility index (Phi) is 6.65. The predicted octanol–water partition coefficient (Wildman–Crippen LogP) is 1.87. The molecule has 0 radical (unpaired) electrons. The summed E-state index contributed by atoms with van der Waals surface area (Å²) in [4.78, 5) is 44.4. The summed E-state index contributed by atoms with van der Waals surface area (Å²) in [5, 5.41) is 3.26. The molecule has 0 saturated carbocycles. The van der Waals surface area contributed by atoms with Gasteiger partial charge < -0.3 is 29.2 Å². The summed E-state index contributed by atoms with van der Waals surface area (Å²) in [6, 6.07) is 12.2. The Morgan fingerprint density at radius 1 is 1.03 bits per heavy atom. The maximum absolute atomic E-state index is 13.5. The number of hydrogen-bond donors (Lipinski definition) is 1. The second kappa shape index (κ2) is 10.0. The minimum absolute atomic E-state index is 0.00699. The summed E-state index contributed by atoms with van der Waals surface area (Å²) in [6.07, 6.45) is 1.90. The molecular formula is C27H30N4O5. The van der Waals surface area contributed by atoms with Crippen molar-refractivity contribution in [1.29, 1.82) is 0 Å². The summed E-state index contributed by atoms with van der Waals surface area (Å²) in [5.41, 5.74) is 1.18. The molecular weight excluding hydrogens is 460 g/mol. The Balaban J connectivity index is 1.47. The van der Waals surface area contributed by atoms with Crippen molar-refractivity contribution in [2.75, 3.05) is 40.0 Å². The van der Waals surface area contributed by atoms with Gasteiger partial charge in [-0.15, -0.1) is 0 Å². The fourth-order valence-corrected chi connectivity index (χ4v) is 4.74. The number of nitrogens with zero attached hydrogens (tertiary/aromatic N) is 3. The molecule has 1 N–H and O–H groups in total. The molecule has 1 saturated heterocycles. The number of benzene rings is 2. The summed E-state index contributed by atoms with van der Waals surface area (Å²) in [6.45, 7) is 5.33. The quantitative estimate of drug-likeness (QED) is 0.567.